The van der Waals surface area contributed by atoms with Gasteiger partial charge in [0.25, 0.3) is 0 Å². The van der Waals surface area contributed by atoms with Gasteiger partial charge in [0.2, 0.25) is 5.91 Å². The summed E-state index contributed by atoms with van der Waals surface area (Å²) in [7, 11) is 4.11. The van der Waals surface area contributed by atoms with Crippen LogP contribution in [0.3, 0.4) is 0 Å². The summed E-state index contributed by atoms with van der Waals surface area (Å²) in [6, 6.07) is 0.367. The van der Waals surface area contributed by atoms with Gasteiger partial charge in [-0.3, -0.25) is 4.79 Å². The Morgan fingerprint density at radius 1 is 1.11 bits per heavy atom. The predicted molar refractivity (Wildman–Crippen MR) is 80.0 cm³/mol. The molecule has 0 saturated heterocycles. The molecular formula is C15H31N3O. The van der Waals surface area contributed by atoms with Crippen molar-refractivity contribution in [1.29, 1.82) is 0 Å². The van der Waals surface area contributed by atoms with Crippen LogP contribution in [0.2, 0.25) is 0 Å². The standard InChI is InChI=1S/C15H31N3O/c1-4-9-18(11-10-17(2)3)15(19)12-13-5-7-14(16)8-6-13/h13-14H,4-12,16H2,1-3H3. The van der Waals surface area contributed by atoms with E-state index in [9.17, 15) is 4.79 Å². The van der Waals surface area contributed by atoms with E-state index in [0.29, 0.717) is 17.9 Å². The second-order valence-electron chi connectivity index (χ2n) is 6.17. The molecular weight excluding hydrogens is 238 g/mol. The highest BCUT2D eigenvalue weighted by Gasteiger charge is 2.23. The maximum Gasteiger partial charge on any atom is 0.222 e. The van der Waals surface area contributed by atoms with Crippen molar-refractivity contribution in [2.75, 3.05) is 33.7 Å². The molecule has 1 aliphatic rings. The van der Waals surface area contributed by atoms with Gasteiger partial charge in [-0.15, -0.1) is 0 Å². The summed E-state index contributed by atoms with van der Waals surface area (Å²) in [4.78, 5) is 16.5. The molecule has 0 bridgehead atoms. The quantitative estimate of drug-likeness (QED) is 0.765. The summed E-state index contributed by atoms with van der Waals surface area (Å²) in [6.07, 6.45) is 6.18. The summed E-state index contributed by atoms with van der Waals surface area (Å²) in [5.74, 6) is 0.898. The summed E-state index contributed by atoms with van der Waals surface area (Å²) >= 11 is 0. The zero-order chi connectivity index (χ0) is 14.3. The minimum absolute atomic E-state index is 0.337. The van der Waals surface area contributed by atoms with E-state index in [0.717, 1.165) is 58.2 Å². The lowest BCUT2D eigenvalue weighted by molar-refractivity contribution is -0.132. The van der Waals surface area contributed by atoms with Gasteiger partial charge < -0.3 is 15.5 Å². The molecule has 1 rings (SSSR count). The monoisotopic (exact) mass is 269 g/mol. The number of nitrogens with two attached hydrogens (primary N) is 1. The number of carbonyl (C=O) groups excluding carboxylic acids is 1. The molecule has 1 amide bonds. The zero-order valence-electron chi connectivity index (χ0n) is 12.9. The van der Waals surface area contributed by atoms with Crippen LogP contribution >= 0.6 is 0 Å². The largest absolute Gasteiger partial charge is 0.341 e. The molecule has 1 aliphatic carbocycles. The van der Waals surface area contributed by atoms with E-state index >= 15 is 0 Å². The minimum atomic E-state index is 0.337. The zero-order valence-corrected chi connectivity index (χ0v) is 12.9. The molecule has 1 saturated carbocycles. The Bertz CT molecular complexity index is 260. The molecule has 2 N–H and O–H groups in total. The number of hydrogen-bond donors (Lipinski definition) is 1. The topological polar surface area (TPSA) is 49.6 Å². The lowest BCUT2D eigenvalue weighted by atomic mass is 9.84. The van der Waals surface area contributed by atoms with Crippen LogP contribution in [0.1, 0.15) is 45.4 Å². The second kappa shape index (κ2) is 8.54. The number of likely N-dealkylation sites (N-methyl/N-ethyl adjacent to an activating group) is 1. The molecule has 112 valence electrons. The SMILES string of the molecule is CCCN(CCN(C)C)C(=O)CC1CCC(N)CC1. The summed E-state index contributed by atoms with van der Waals surface area (Å²) < 4.78 is 0. The average Bonchev–Trinajstić information content (AvgIpc) is 2.37. The van der Waals surface area contributed by atoms with Crippen LogP contribution in [0.25, 0.3) is 0 Å². The van der Waals surface area contributed by atoms with Crippen LogP contribution in [0.5, 0.6) is 0 Å². The maximum atomic E-state index is 12.4. The van der Waals surface area contributed by atoms with E-state index in [1.54, 1.807) is 0 Å². The summed E-state index contributed by atoms with van der Waals surface area (Å²) in [5, 5.41) is 0. The molecule has 0 spiro atoms. The van der Waals surface area contributed by atoms with Gasteiger partial charge in [-0.2, -0.15) is 0 Å². The van der Waals surface area contributed by atoms with Crippen molar-refractivity contribution in [2.45, 2.75) is 51.5 Å². The predicted octanol–water partition coefficient (Wildman–Crippen LogP) is 1.69. The van der Waals surface area contributed by atoms with Crippen molar-refractivity contribution in [3.63, 3.8) is 0 Å². The number of nitrogens with zero attached hydrogens (tertiary/aromatic N) is 2. The fourth-order valence-electron chi connectivity index (χ4n) is 2.72. The Labute approximate surface area is 118 Å². The fourth-order valence-corrected chi connectivity index (χ4v) is 2.72. The lowest BCUT2D eigenvalue weighted by Gasteiger charge is -2.29. The first-order chi connectivity index (χ1) is 9.02. The van der Waals surface area contributed by atoms with Gasteiger partial charge in [-0.25, -0.2) is 0 Å². The third-order valence-electron chi connectivity index (χ3n) is 4.02. The van der Waals surface area contributed by atoms with Crippen molar-refractivity contribution >= 4 is 5.91 Å². The van der Waals surface area contributed by atoms with Crippen LogP contribution in [0.15, 0.2) is 0 Å². The number of hydrogen-bond acceptors (Lipinski definition) is 3. The highest BCUT2D eigenvalue weighted by atomic mass is 16.2. The van der Waals surface area contributed by atoms with Crippen molar-refractivity contribution in [3.8, 4) is 0 Å². The molecule has 0 aromatic heterocycles. The normalized spacial score (nSPS) is 23.6. The van der Waals surface area contributed by atoms with Gasteiger partial charge in [0.1, 0.15) is 0 Å². The van der Waals surface area contributed by atoms with E-state index in [4.69, 9.17) is 5.73 Å². The smallest absolute Gasteiger partial charge is 0.222 e. The highest BCUT2D eigenvalue weighted by Crippen LogP contribution is 2.26. The van der Waals surface area contributed by atoms with Crippen LogP contribution in [-0.4, -0.2) is 55.5 Å². The third kappa shape index (κ3) is 6.39. The lowest BCUT2D eigenvalue weighted by Crippen LogP contribution is -2.38. The molecule has 0 heterocycles. The van der Waals surface area contributed by atoms with Gasteiger partial charge in [0.05, 0.1) is 0 Å². The molecule has 0 atom stereocenters. The van der Waals surface area contributed by atoms with Crippen LogP contribution < -0.4 is 5.73 Å². The Kier molecular flexibility index (Phi) is 7.39. The van der Waals surface area contributed by atoms with Gasteiger partial charge >= 0.3 is 0 Å². The van der Waals surface area contributed by atoms with Crippen molar-refractivity contribution < 1.29 is 4.79 Å². The van der Waals surface area contributed by atoms with Crippen molar-refractivity contribution in [3.05, 3.63) is 0 Å². The summed E-state index contributed by atoms with van der Waals surface area (Å²) in [5.41, 5.74) is 5.92. The molecule has 0 unspecified atom stereocenters. The molecule has 0 radical (unpaired) electrons. The second-order valence-corrected chi connectivity index (χ2v) is 6.17. The van der Waals surface area contributed by atoms with Crippen LogP contribution in [-0.2, 0) is 4.79 Å². The molecule has 0 aliphatic heterocycles. The Morgan fingerprint density at radius 2 is 1.74 bits per heavy atom. The van der Waals surface area contributed by atoms with Gasteiger partial charge in [-0.1, -0.05) is 6.92 Å². The van der Waals surface area contributed by atoms with E-state index in [-0.39, 0.29) is 0 Å². The first kappa shape index (κ1) is 16.4. The van der Waals surface area contributed by atoms with E-state index < -0.39 is 0 Å². The van der Waals surface area contributed by atoms with Crippen LogP contribution in [0.4, 0.5) is 0 Å². The molecule has 0 aromatic carbocycles. The molecule has 19 heavy (non-hydrogen) atoms. The van der Waals surface area contributed by atoms with E-state index in [2.05, 4.69) is 25.9 Å². The van der Waals surface area contributed by atoms with Gasteiger partial charge in [-0.05, 0) is 52.1 Å². The fraction of sp³-hybridized carbons (Fsp3) is 0.933. The number of rotatable bonds is 7. The Morgan fingerprint density at radius 3 is 2.26 bits per heavy atom. The van der Waals surface area contributed by atoms with E-state index in [1.165, 1.54) is 0 Å². The summed E-state index contributed by atoms with van der Waals surface area (Å²) in [6.45, 7) is 4.82. The maximum absolute atomic E-state index is 12.4. The number of amides is 1. The third-order valence-corrected chi connectivity index (χ3v) is 4.02. The molecule has 0 aromatic rings. The van der Waals surface area contributed by atoms with E-state index in [1.807, 2.05) is 4.90 Å². The van der Waals surface area contributed by atoms with Crippen molar-refractivity contribution in [2.24, 2.45) is 11.7 Å². The molecule has 1 fully saturated rings. The first-order valence-corrected chi connectivity index (χ1v) is 7.71. The minimum Gasteiger partial charge on any atom is -0.341 e. The molecule has 4 heteroatoms. The average molecular weight is 269 g/mol. The first-order valence-electron chi connectivity index (χ1n) is 7.71. The van der Waals surface area contributed by atoms with Crippen LogP contribution in [0, 0.1) is 5.92 Å². The highest BCUT2D eigenvalue weighted by molar-refractivity contribution is 5.76. The Hall–Kier alpha value is -0.610. The number of carbonyl (C=O) groups is 1. The van der Waals surface area contributed by atoms with Gasteiger partial charge in [0, 0.05) is 32.1 Å². The van der Waals surface area contributed by atoms with Gasteiger partial charge in [0.15, 0.2) is 0 Å². The van der Waals surface area contributed by atoms with Crippen molar-refractivity contribution in [1.82, 2.24) is 9.80 Å². The molecule has 4 nitrogen and oxygen atoms in total. The Balaban J connectivity index is 2.38.